The van der Waals surface area contributed by atoms with Crippen molar-refractivity contribution in [3.63, 3.8) is 0 Å². The van der Waals surface area contributed by atoms with Gasteiger partial charge >= 0.3 is 5.97 Å². The molecule has 1 unspecified atom stereocenters. The summed E-state index contributed by atoms with van der Waals surface area (Å²) in [4.78, 5) is 24.8. The van der Waals surface area contributed by atoms with Gasteiger partial charge in [0.1, 0.15) is 5.58 Å². The van der Waals surface area contributed by atoms with Gasteiger partial charge in [0.2, 0.25) is 5.76 Å². The monoisotopic (exact) mass is 369 g/mol. The number of amides is 1. The number of hydrogen-bond acceptors (Lipinski definition) is 5. The van der Waals surface area contributed by atoms with Crippen LogP contribution >= 0.6 is 11.8 Å². The number of esters is 1. The number of fused-ring (bicyclic) bond motifs is 1. The first kappa shape index (κ1) is 18.1. The molecular formula is C20H19NO4S. The van der Waals surface area contributed by atoms with Gasteiger partial charge in [-0.1, -0.05) is 36.4 Å². The lowest BCUT2D eigenvalue weighted by Gasteiger charge is -2.13. The molecule has 134 valence electrons. The van der Waals surface area contributed by atoms with Crippen LogP contribution in [0, 0.1) is 0 Å². The van der Waals surface area contributed by atoms with Crippen molar-refractivity contribution < 1.29 is 18.7 Å². The molecular weight excluding hydrogens is 350 g/mol. The zero-order valence-electron chi connectivity index (χ0n) is 14.5. The van der Waals surface area contributed by atoms with E-state index in [0.717, 1.165) is 10.9 Å². The second-order valence-electron chi connectivity index (χ2n) is 5.74. The number of carbonyl (C=O) groups is 2. The van der Waals surface area contributed by atoms with Crippen LogP contribution in [0.4, 0.5) is 5.69 Å². The summed E-state index contributed by atoms with van der Waals surface area (Å²) in [5.41, 5.74) is 2.06. The molecule has 1 atom stereocenters. The maximum Gasteiger partial charge on any atom is 0.375 e. The summed E-state index contributed by atoms with van der Waals surface area (Å²) in [6.45, 7) is 1.53. The van der Waals surface area contributed by atoms with Gasteiger partial charge in [-0.2, -0.15) is 11.8 Å². The molecule has 1 aromatic heterocycles. The highest BCUT2D eigenvalue weighted by Crippen LogP contribution is 2.29. The van der Waals surface area contributed by atoms with E-state index in [1.165, 1.54) is 6.92 Å². The Balaban J connectivity index is 1.76. The second kappa shape index (κ2) is 8.10. The predicted octanol–water partition coefficient (Wildman–Crippen LogP) is 4.48. The zero-order valence-corrected chi connectivity index (χ0v) is 15.3. The molecule has 2 aromatic carbocycles. The molecule has 0 aliphatic carbocycles. The summed E-state index contributed by atoms with van der Waals surface area (Å²) in [6.07, 6.45) is 1.00. The lowest BCUT2D eigenvalue weighted by molar-refractivity contribution is -0.123. The standard InChI is InChI=1S/C20H19NO4S/c1-13(19(22)21-14-8-4-3-5-9-14)24-20(23)18-16(12-26-2)15-10-6-7-11-17(15)25-18/h3-11,13H,12H2,1-2H3,(H,21,22). The smallest absolute Gasteiger partial charge is 0.375 e. The number of nitrogens with one attached hydrogen (secondary N) is 1. The molecule has 0 fully saturated rings. The molecule has 0 aliphatic rings. The first-order valence-corrected chi connectivity index (χ1v) is 9.55. The van der Waals surface area contributed by atoms with Crippen LogP contribution < -0.4 is 5.32 Å². The molecule has 0 radical (unpaired) electrons. The molecule has 0 spiro atoms. The minimum atomic E-state index is -0.946. The molecule has 3 rings (SSSR count). The number of benzene rings is 2. The molecule has 26 heavy (non-hydrogen) atoms. The summed E-state index contributed by atoms with van der Waals surface area (Å²) in [6, 6.07) is 16.5. The van der Waals surface area contributed by atoms with E-state index in [1.807, 2.05) is 48.7 Å². The van der Waals surface area contributed by atoms with Crippen molar-refractivity contribution >= 4 is 40.3 Å². The molecule has 0 saturated carbocycles. The number of anilines is 1. The van der Waals surface area contributed by atoms with Gasteiger partial charge in [0.15, 0.2) is 6.10 Å². The van der Waals surface area contributed by atoms with Crippen LogP contribution in [0.25, 0.3) is 11.0 Å². The third-order valence-electron chi connectivity index (χ3n) is 3.87. The maximum absolute atomic E-state index is 12.6. The van der Waals surface area contributed by atoms with Crippen LogP contribution in [0.15, 0.2) is 59.0 Å². The van der Waals surface area contributed by atoms with Crippen molar-refractivity contribution in [3.05, 3.63) is 65.9 Å². The van der Waals surface area contributed by atoms with Gasteiger partial charge in [-0.25, -0.2) is 4.79 Å². The first-order valence-electron chi connectivity index (χ1n) is 8.16. The number of para-hydroxylation sites is 2. The lowest BCUT2D eigenvalue weighted by atomic mass is 10.1. The first-order chi connectivity index (χ1) is 12.6. The van der Waals surface area contributed by atoms with Crippen LogP contribution in [0.2, 0.25) is 0 Å². The highest BCUT2D eigenvalue weighted by Gasteiger charge is 2.25. The van der Waals surface area contributed by atoms with Crippen molar-refractivity contribution in [2.75, 3.05) is 11.6 Å². The second-order valence-corrected chi connectivity index (χ2v) is 6.61. The number of furan rings is 1. The Hall–Kier alpha value is -2.73. The molecule has 0 saturated heterocycles. The summed E-state index contributed by atoms with van der Waals surface area (Å²) in [5, 5.41) is 3.60. The van der Waals surface area contributed by atoms with Crippen molar-refractivity contribution in [2.24, 2.45) is 0 Å². The van der Waals surface area contributed by atoms with E-state index in [0.29, 0.717) is 17.0 Å². The quantitative estimate of drug-likeness (QED) is 0.649. The molecule has 1 amide bonds. The number of ether oxygens (including phenoxy) is 1. The minimum Gasteiger partial charge on any atom is -0.449 e. The fourth-order valence-electron chi connectivity index (χ4n) is 2.58. The number of carbonyl (C=O) groups excluding carboxylic acids is 2. The third kappa shape index (κ3) is 3.91. The average Bonchev–Trinajstić information content (AvgIpc) is 3.02. The Morgan fingerprint density at radius 1 is 1.12 bits per heavy atom. The van der Waals surface area contributed by atoms with Crippen LogP contribution in [-0.4, -0.2) is 24.2 Å². The van der Waals surface area contributed by atoms with Gasteiger partial charge < -0.3 is 14.5 Å². The van der Waals surface area contributed by atoms with E-state index in [-0.39, 0.29) is 5.76 Å². The Labute approximate surface area is 155 Å². The van der Waals surface area contributed by atoms with Crippen molar-refractivity contribution in [3.8, 4) is 0 Å². The fourth-order valence-corrected chi connectivity index (χ4v) is 3.16. The van der Waals surface area contributed by atoms with Crippen LogP contribution in [0.1, 0.15) is 23.0 Å². The van der Waals surface area contributed by atoms with Crippen molar-refractivity contribution in [1.82, 2.24) is 0 Å². The minimum absolute atomic E-state index is 0.153. The van der Waals surface area contributed by atoms with Gasteiger partial charge in [-0.15, -0.1) is 0 Å². The average molecular weight is 369 g/mol. The highest BCUT2D eigenvalue weighted by molar-refractivity contribution is 7.97. The van der Waals surface area contributed by atoms with Gasteiger partial charge in [0.05, 0.1) is 0 Å². The van der Waals surface area contributed by atoms with E-state index in [1.54, 1.807) is 23.9 Å². The summed E-state index contributed by atoms with van der Waals surface area (Å²) in [7, 11) is 0. The normalized spacial score (nSPS) is 11.9. The van der Waals surface area contributed by atoms with Crippen LogP contribution in [0.5, 0.6) is 0 Å². The Bertz CT molecular complexity index is 920. The van der Waals surface area contributed by atoms with Gasteiger partial charge in [-0.05, 0) is 31.4 Å². The van der Waals surface area contributed by atoms with Crippen LogP contribution in [0.3, 0.4) is 0 Å². The van der Waals surface area contributed by atoms with E-state index in [9.17, 15) is 9.59 Å². The molecule has 0 bridgehead atoms. The molecule has 1 heterocycles. The van der Waals surface area contributed by atoms with Crippen LogP contribution in [-0.2, 0) is 15.3 Å². The van der Waals surface area contributed by atoms with Crippen molar-refractivity contribution in [2.45, 2.75) is 18.8 Å². The van der Waals surface area contributed by atoms with E-state index in [4.69, 9.17) is 9.15 Å². The molecule has 3 aromatic rings. The number of rotatable bonds is 6. The van der Waals surface area contributed by atoms with E-state index < -0.39 is 18.0 Å². The topological polar surface area (TPSA) is 68.5 Å². The molecule has 5 nitrogen and oxygen atoms in total. The molecule has 1 N–H and O–H groups in total. The predicted molar refractivity (Wildman–Crippen MR) is 103 cm³/mol. The summed E-state index contributed by atoms with van der Waals surface area (Å²) >= 11 is 1.59. The SMILES string of the molecule is CSCc1c(C(=O)OC(C)C(=O)Nc2ccccc2)oc2ccccc12. The Morgan fingerprint density at radius 2 is 1.81 bits per heavy atom. The third-order valence-corrected chi connectivity index (χ3v) is 4.44. The highest BCUT2D eigenvalue weighted by atomic mass is 32.2. The maximum atomic E-state index is 12.6. The van der Waals surface area contributed by atoms with E-state index in [2.05, 4.69) is 5.32 Å². The van der Waals surface area contributed by atoms with E-state index >= 15 is 0 Å². The summed E-state index contributed by atoms with van der Waals surface area (Å²) in [5.74, 6) is -0.264. The van der Waals surface area contributed by atoms with Gasteiger partial charge in [0.25, 0.3) is 5.91 Å². The Kier molecular flexibility index (Phi) is 5.63. The molecule has 0 aliphatic heterocycles. The van der Waals surface area contributed by atoms with Crippen molar-refractivity contribution in [1.29, 1.82) is 0 Å². The summed E-state index contributed by atoms with van der Waals surface area (Å²) < 4.78 is 11.0. The van der Waals surface area contributed by atoms with Gasteiger partial charge in [-0.3, -0.25) is 4.79 Å². The Morgan fingerprint density at radius 3 is 2.54 bits per heavy atom. The number of thioether (sulfide) groups is 1. The largest absolute Gasteiger partial charge is 0.449 e. The lowest BCUT2D eigenvalue weighted by Crippen LogP contribution is -2.30. The fraction of sp³-hybridized carbons (Fsp3) is 0.200. The molecule has 6 heteroatoms. The van der Waals surface area contributed by atoms with Gasteiger partial charge in [0, 0.05) is 22.4 Å². The zero-order chi connectivity index (χ0) is 18.5. The number of hydrogen-bond donors (Lipinski definition) is 1.